The Bertz CT molecular complexity index is 81.3. The smallest absolute Gasteiger partial charge is 0.146 e. The minimum Gasteiger partial charge on any atom is -0.359 e. The highest BCUT2D eigenvalue weighted by atomic mass is 16.7. The lowest BCUT2D eigenvalue weighted by Crippen LogP contribution is -2.09. The number of allylic oxidation sites excluding steroid dienone is 1. The zero-order valence-electron chi connectivity index (χ0n) is 6.80. The van der Waals surface area contributed by atoms with Gasteiger partial charge in [0.05, 0.1) is 6.10 Å². The molecular formula is C8H16O2. The number of hydrogen-bond acceptors (Lipinski definition) is 2. The molecule has 0 aliphatic heterocycles. The molecule has 0 spiro atoms. The van der Waals surface area contributed by atoms with Crippen LogP contribution in [0.5, 0.6) is 0 Å². The molecule has 0 aliphatic carbocycles. The van der Waals surface area contributed by atoms with E-state index in [0.717, 1.165) is 12.8 Å². The Hall–Kier alpha value is -0.340. The van der Waals surface area contributed by atoms with Crippen LogP contribution in [0.4, 0.5) is 0 Å². The second-order valence-corrected chi connectivity index (χ2v) is 2.25. The molecule has 0 heterocycles. The van der Waals surface area contributed by atoms with Crippen LogP contribution >= 0.6 is 0 Å². The van der Waals surface area contributed by atoms with Crippen LogP contribution in [0.1, 0.15) is 19.8 Å². The van der Waals surface area contributed by atoms with Gasteiger partial charge in [0.2, 0.25) is 0 Å². The maximum absolute atomic E-state index is 5.22. The molecule has 0 aromatic rings. The van der Waals surface area contributed by atoms with E-state index in [0.29, 0.717) is 6.79 Å². The largest absolute Gasteiger partial charge is 0.359 e. The molecule has 60 valence electrons. The summed E-state index contributed by atoms with van der Waals surface area (Å²) in [5.74, 6) is 0. The second-order valence-electron chi connectivity index (χ2n) is 2.25. The fourth-order valence-corrected chi connectivity index (χ4v) is 0.620. The van der Waals surface area contributed by atoms with Crippen molar-refractivity contribution in [3.05, 3.63) is 12.7 Å². The first kappa shape index (κ1) is 9.66. The first-order valence-electron chi connectivity index (χ1n) is 3.52. The van der Waals surface area contributed by atoms with Crippen LogP contribution in [0.3, 0.4) is 0 Å². The van der Waals surface area contributed by atoms with Crippen molar-refractivity contribution in [2.45, 2.75) is 25.9 Å². The van der Waals surface area contributed by atoms with Crippen molar-refractivity contribution in [1.82, 2.24) is 0 Å². The van der Waals surface area contributed by atoms with E-state index in [4.69, 9.17) is 9.47 Å². The summed E-state index contributed by atoms with van der Waals surface area (Å²) in [7, 11) is 1.63. The SMILES string of the molecule is C=CCC[C@@H](C)OCOC. The summed E-state index contributed by atoms with van der Waals surface area (Å²) in [6.45, 7) is 6.04. The highest BCUT2D eigenvalue weighted by Crippen LogP contribution is 2.00. The molecule has 0 aliphatic rings. The fourth-order valence-electron chi connectivity index (χ4n) is 0.620. The summed E-state index contributed by atoms with van der Waals surface area (Å²) in [4.78, 5) is 0. The van der Waals surface area contributed by atoms with Gasteiger partial charge in [0, 0.05) is 7.11 Å². The molecule has 0 saturated heterocycles. The van der Waals surface area contributed by atoms with Crippen molar-refractivity contribution in [2.75, 3.05) is 13.9 Å². The molecule has 0 aromatic heterocycles. The third kappa shape index (κ3) is 5.79. The number of ether oxygens (including phenoxy) is 2. The normalized spacial score (nSPS) is 13.0. The van der Waals surface area contributed by atoms with Gasteiger partial charge in [-0.05, 0) is 19.8 Å². The van der Waals surface area contributed by atoms with E-state index in [1.165, 1.54) is 0 Å². The third-order valence-corrected chi connectivity index (χ3v) is 1.25. The van der Waals surface area contributed by atoms with Crippen LogP contribution in [0.2, 0.25) is 0 Å². The number of rotatable bonds is 6. The zero-order chi connectivity index (χ0) is 7.82. The standard InChI is InChI=1S/C8H16O2/c1-4-5-6-8(2)10-7-9-3/h4,8H,1,5-7H2,2-3H3/t8-/m1/s1. The minimum atomic E-state index is 0.276. The Morgan fingerprint density at radius 1 is 1.60 bits per heavy atom. The van der Waals surface area contributed by atoms with Crippen LogP contribution in [0, 0.1) is 0 Å². The van der Waals surface area contributed by atoms with Crippen molar-refractivity contribution >= 4 is 0 Å². The summed E-state index contributed by atoms with van der Waals surface area (Å²) in [6, 6.07) is 0. The molecule has 0 aromatic carbocycles. The summed E-state index contributed by atoms with van der Waals surface area (Å²) < 4.78 is 9.97. The second kappa shape index (κ2) is 6.78. The van der Waals surface area contributed by atoms with Gasteiger partial charge in [-0.1, -0.05) is 6.08 Å². The highest BCUT2D eigenvalue weighted by Gasteiger charge is 1.98. The molecule has 0 saturated carbocycles. The molecule has 1 atom stereocenters. The van der Waals surface area contributed by atoms with Crippen LogP contribution in [0.15, 0.2) is 12.7 Å². The topological polar surface area (TPSA) is 18.5 Å². The Morgan fingerprint density at radius 3 is 2.80 bits per heavy atom. The number of hydrogen-bond donors (Lipinski definition) is 0. The lowest BCUT2D eigenvalue weighted by atomic mass is 10.2. The molecule has 0 amide bonds. The summed E-state index contributed by atoms with van der Waals surface area (Å²) in [6.07, 6.45) is 4.20. The fraction of sp³-hybridized carbons (Fsp3) is 0.750. The molecule has 0 radical (unpaired) electrons. The van der Waals surface area contributed by atoms with E-state index in [2.05, 4.69) is 6.58 Å². The maximum atomic E-state index is 5.22. The monoisotopic (exact) mass is 144 g/mol. The van der Waals surface area contributed by atoms with E-state index in [1.54, 1.807) is 7.11 Å². The van der Waals surface area contributed by atoms with E-state index in [-0.39, 0.29) is 6.10 Å². The van der Waals surface area contributed by atoms with Crippen molar-refractivity contribution in [1.29, 1.82) is 0 Å². The van der Waals surface area contributed by atoms with Crippen molar-refractivity contribution in [3.8, 4) is 0 Å². The Labute approximate surface area is 62.8 Å². The zero-order valence-corrected chi connectivity index (χ0v) is 6.80. The van der Waals surface area contributed by atoms with E-state index >= 15 is 0 Å². The summed E-state index contributed by atoms with van der Waals surface area (Å²) in [5.41, 5.74) is 0. The van der Waals surface area contributed by atoms with Gasteiger partial charge in [-0.15, -0.1) is 6.58 Å². The van der Waals surface area contributed by atoms with Crippen LogP contribution in [0.25, 0.3) is 0 Å². The molecule has 10 heavy (non-hydrogen) atoms. The first-order valence-corrected chi connectivity index (χ1v) is 3.52. The molecule has 2 heteroatoms. The Balaban J connectivity index is 3.07. The van der Waals surface area contributed by atoms with E-state index < -0.39 is 0 Å². The molecule has 0 rings (SSSR count). The van der Waals surface area contributed by atoms with Crippen molar-refractivity contribution in [2.24, 2.45) is 0 Å². The molecule has 0 N–H and O–H groups in total. The van der Waals surface area contributed by atoms with E-state index in [9.17, 15) is 0 Å². The van der Waals surface area contributed by atoms with Gasteiger partial charge in [-0.25, -0.2) is 0 Å². The quantitative estimate of drug-likeness (QED) is 0.419. The van der Waals surface area contributed by atoms with E-state index in [1.807, 2.05) is 13.0 Å². The van der Waals surface area contributed by atoms with Crippen LogP contribution in [-0.2, 0) is 9.47 Å². The Kier molecular flexibility index (Phi) is 6.55. The third-order valence-electron chi connectivity index (χ3n) is 1.25. The highest BCUT2D eigenvalue weighted by molar-refractivity contribution is 4.67. The Morgan fingerprint density at radius 2 is 2.30 bits per heavy atom. The van der Waals surface area contributed by atoms with Crippen molar-refractivity contribution in [3.63, 3.8) is 0 Å². The summed E-state index contributed by atoms with van der Waals surface area (Å²) in [5, 5.41) is 0. The predicted molar refractivity (Wildman–Crippen MR) is 41.9 cm³/mol. The molecule has 2 nitrogen and oxygen atoms in total. The average molecular weight is 144 g/mol. The average Bonchev–Trinajstić information content (AvgIpc) is 1.97. The lowest BCUT2D eigenvalue weighted by Gasteiger charge is -2.09. The molecular weight excluding hydrogens is 128 g/mol. The van der Waals surface area contributed by atoms with Gasteiger partial charge in [-0.3, -0.25) is 0 Å². The van der Waals surface area contributed by atoms with Gasteiger partial charge < -0.3 is 9.47 Å². The summed E-state index contributed by atoms with van der Waals surface area (Å²) >= 11 is 0. The lowest BCUT2D eigenvalue weighted by molar-refractivity contribution is -0.0669. The molecule has 0 fully saturated rings. The van der Waals surface area contributed by atoms with Gasteiger partial charge in [-0.2, -0.15) is 0 Å². The number of methoxy groups -OCH3 is 1. The van der Waals surface area contributed by atoms with Crippen molar-refractivity contribution < 1.29 is 9.47 Å². The van der Waals surface area contributed by atoms with Gasteiger partial charge in [0.15, 0.2) is 0 Å². The molecule has 0 unspecified atom stereocenters. The van der Waals surface area contributed by atoms with Gasteiger partial charge >= 0.3 is 0 Å². The van der Waals surface area contributed by atoms with Crippen LogP contribution in [-0.4, -0.2) is 20.0 Å². The van der Waals surface area contributed by atoms with Gasteiger partial charge in [0.25, 0.3) is 0 Å². The minimum absolute atomic E-state index is 0.276. The first-order chi connectivity index (χ1) is 4.81. The molecule has 0 bridgehead atoms. The van der Waals surface area contributed by atoms with Gasteiger partial charge in [0.1, 0.15) is 6.79 Å². The van der Waals surface area contributed by atoms with Crippen LogP contribution < -0.4 is 0 Å². The predicted octanol–water partition coefficient (Wildman–Crippen LogP) is 1.96. The maximum Gasteiger partial charge on any atom is 0.146 e.